The van der Waals surface area contributed by atoms with E-state index in [-0.39, 0.29) is 28.0 Å². The highest BCUT2D eigenvalue weighted by Gasteiger charge is 2.21. The van der Waals surface area contributed by atoms with Gasteiger partial charge in [0.25, 0.3) is 5.91 Å². The lowest BCUT2D eigenvalue weighted by Gasteiger charge is -2.26. The van der Waals surface area contributed by atoms with Gasteiger partial charge in [-0.25, -0.2) is 17.9 Å². The van der Waals surface area contributed by atoms with Gasteiger partial charge in [-0.15, -0.1) is 0 Å². The largest absolute Gasteiger partial charge is 0.452 e. The summed E-state index contributed by atoms with van der Waals surface area (Å²) < 4.78 is 30.8. The van der Waals surface area contributed by atoms with E-state index in [0.717, 1.165) is 25.3 Å². The average Bonchev–Trinajstić information content (AvgIpc) is 2.60. The first kappa shape index (κ1) is 18.7. The molecule has 1 aromatic rings. The summed E-state index contributed by atoms with van der Waals surface area (Å²) >= 11 is 5.86. The second-order valence-corrected chi connectivity index (χ2v) is 7.63. The van der Waals surface area contributed by atoms with Crippen LogP contribution in [0.1, 0.15) is 29.6 Å². The molecule has 0 radical (unpaired) electrons. The lowest BCUT2D eigenvalue weighted by Crippen LogP contribution is -2.38. The number of ether oxygens (including phenoxy) is 1. The van der Waals surface area contributed by atoms with E-state index >= 15 is 0 Å². The minimum Gasteiger partial charge on any atom is -0.452 e. The molecule has 1 aliphatic heterocycles. The summed E-state index contributed by atoms with van der Waals surface area (Å²) in [5, 5.41) is -0.00899. The Hall–Kier alpha value is -1.64. The summed E-state index contributed by atoms with van der Waals surface area (Å²) in [5.74, 6) is -1.02. The molecule has 0 saturated carbocycles. The zero-order chi connectivity index (χ0) is 17.7. The van der Waals surface area contributed by atoms with Crippen LogP contribution < -0.4 is 4.72 Å². The Morgan fingerprint density at radius 1 is 1.25 bits per heavy atom. The molecule has 1 aromatic carbocycles. The molecule has 0 atom stereocenters. The second kappa shape index (κ2) is 7.96. The molecule has 1 fully saturated rings. The summed E-state index contributed by atoms with van der Waals surface area (Å²) in [7, 11) is -2.55. The number of amides is 1. The predicted molar refractivity (Wildman–Crippen MR) is 88.4 cm³/mol. The molecule has 0 spiro atoms. The third-order valence-electron chi connectivity index (χ3n) is 3.76. The van der Waals surface area contributed by atoms with Gasteiger partial charge in [0, 0.05) is 13.1 Å². The van der Waals surface area contributed by atoms with Crippen LogP contribution in [0.2, 0.25) is 5.02 Å². The molecule has 0 bridgehead atoms. The Labute approximate surface area is 146 Å². The van der Waals surface area contributed by atoms with Crippen molar-refractivity contribution in [3.63, 3.8) is 0 Å². The van der Waals surface area contributed by atoms with E-state index < -0.39 is 16.0 Å². The highest BCUT2D eigenvalue weighted by atomic mass is 35.5. The van der Waals surface area contributed by atoms with Gasteiger partial charge in [0.2, 0.25) is 10.0 Å². The Balaban J connectivity index is 2.05. The van der Waals surface area contributed by atoms with E-state index in [0.29, 0.717) is 13.1 Å². The summed E-state index contributed by atoms with van der Waals surface area (Å²) in [5.41, 5.74) is 0.0136. The van der Waals surface area contributed by atoms with Crippen molar-refractivity contribution in [3.8, 4) is 0 Å². The highest BCUT2D eigenvalue weighted by molar-refractivity contribution is 7.89. The normalized spacial score (nSPS) is 15.2. The van der Waals surface area contributed by atoms with Crippen LogP contribution in [0, 0.1) is 0 Å². The SMILES string of the molecule is CNS(=O)(=O)c1cc(C(=O)OCC(=O)N2CCCCC2)ccc1Cl. The lowest BCUT2D eigenvalue weighted by atomic mass is 10.1. The Morgan fingerprint density at radius 3 is 2.54 bits per heavy atom. The average molecular weight is 375 g/mol. The smallest absolute Gasteiger partial charge is 0.338 e. The summed E-state index contributed by atoms with van der Waals surface area (Å²) in [4.78, 5) is 25.5. The van der Waals surface area contributed by atoms with Gasteiger partial charge in [0.1, 0.15) is 4.90 Å². The quantitative estimate of drug-likeness (QED) is 0.787. The van der Waals surface area contributed by atoms with Gasteiger partial charge in [-0.05, 0) is 44.5 Å². The number of piperidine rings is 1. The molecule has 1 saturated heterocycles. The van der Waals surface area contributed by atoms with Gasteiger partial charge in [-0.1, -0.05) is 11.6 Å². The van der Waals surface area contributed by atoms with Crippen molar-refractivity contribution in [1.82, 2.24) is 9.62 Å². The van der Waals surface area contributed by atoms with E-state index in [9.17, 15) is 18.0 Å². The standard InChI is InChI=1S/C15H19ClN2O5S/c1-17-24(21,22)13-9-11(5-6-12(13)16)15(20)23-10-14(19)18-7-3-2-4-8-18/h5-6,9,17H,2-4,7-8,10H2,1H3. The fourth-order valence-corrected chi connectivity index (χ4v) is 3.64. The van der Waals surface area contributed by atoms with Crippen molar-refractivity contribution in [2.24, 2.45) is 0 Å². The zero-order valence-electron chi connectivity index (χ0n) is 13.2. The maximum atomic E-state index is 12.1. The minimum atomic E-state index is -3.80. The molecular formula is C15H19ClN2O5S. The second-order valence-electron chi connectivity index (χ2n) is 5.37. The van der Waals surface area contributed by atoms with E-state index in [4.69, 9.17) is 16.3 Å². The molecule has 2 rings (SSSR count). The first-order chi connectivity index (χ1) is 11.3. The number of hydrogen-bond donors (Lipinski definition) is 1. The third kappa shape index (κ3) is 4.46. The van der Waals surface area contributed by atoms with Gasteiger partial charge in [-0.2, -0.15) is 0 Å². The number of nitrogens with zero attached hydrogens (tertiary/aromatic N) is 1. The van der Waals surface area contributed by atoms with Gasteiger partial charge in [0.05, 0.1) is 10.6 Å². The molecule has 0 aliphatic carbocycles. The Morgan fingerprint density at radius 2 is 1.92 bits per heavy atom. The fourth-order valence-electron chi connectivity index (χ4n) is 2.39. The topological polar surface area (TPSA) is 92.8 Å². The van der Waals surface area contributed by atoms with Crippen LogP contribution in [-0.2, 0) is 19.6 Å². The maximum Gasteiger partial charge on any atom is 0.338 e. The van der Waals surface area contributed by atoms with E-state index in [1.165, 1.54) is 19.2 Å². The summed E-state index contributed by atoms with van der Waals surface area (Å²) in [6.07, 6.45) is 2.99. The fraction of sp³-hybridized carbons (Fsp3) is 0.467. The number of hydrogen-bond acceptors (Lipinski definition) is 5. The van der Waals surface area contributed by atoms with E-state index in [2.05, 4.69) is 4.72 Å². The van der Waals surface area contributed by atoms with Crippen LogP contribution in [0.3, 0.4) is 0 Å². The minimum absolute atomic E-state index is 0.00899. The van der Waals surface area contributed by atoms with Crippen molar-refractivity contribution in [2.75, 3.05) is 26.7 Å². The predicted octanol–water partition coefficient (Wildman–Crippen LogP) is 1.42. The number of rotatable bonds is 5. The van der Waals surface area contributed by atoms with Crippen molar-refractivity contribution in [1.29, 1.82) is 0 Å². The van der Waals surface area contributed by atoms with Gasteiger partial charge >= 0.3 is 5.97 Å². The van der Waals surface area contributed by atoms with E-state index in [1.807, 2.05) is 0 Å². The lowest BCUT2D eigenvalue weighted by molar-refractivity contribution is -0.135. The Bertz CT molecular complexity index is 729. The number of sulfonamides is 1. The molecule has 132 valence electrons. The molecule has 1 N–H and O–H groups in total. The molecular weight excluding hydrogens is 356 g/mol. The number of halogens is 1. The van der Waals surface area contributed by atoms with Crippen LogP contribution in [0.5, 0.6) is 0 Å². The van der Waals surface area contributed by atoms with Crippen molar-refractivity contribution in [3.05, 3.63) is 28.8 Å². The number of benzene rings is 1. The molecule has 0 unspecified atom stereocenters. The first-order valence-electron chi connectivity index (χ1n) is 7.53. The van der Waals surface area contributed by atoms with Gasteiger partial charge in [-0.3, -0.25) is 4.79 Å². The molecule has 7 nitrogen and oxygen atoms in total. The maximum absolute atomic E-state index is 12.1. The number of likely N-dealkylation sites (tertiary alicyclic amines) is 1. The molecule has 9 heteroatoms. The number of carbonyl (C=O) groups excluding carboxylic acids is 2. The summed E-state index contributed by atoms with van der Waals surface area (Å²) in [6.45, 7) is 0.972. The number of carbonyl (C=O) groups is 2. The van der Waals surface area contributed by atoms with Gasteiger partial charge < -0.3 is 9.64 Å². The third-order valence-corrected chi connectivity index (χ3v) is 5.66. The summed E-state index contributed by atoms with van der Waals surface area (Å²) in [6, 6.07) is 3.78. The van der Waals surface area contributed by atoms with Crippen LogP contribution in [-0.4, -0.2) is 51.9 Å². The molecule has 0 aromatic heterocycles. The van der Waals surface area contributed by atoms with Crippen molar-refractivity contribution in [2.45, 2.75) is 24.2 Å². The molecule has 1 heterocycles. The van der Waals surface area contributed by atoms with Crippen LogP contribution in [0.15, 0.2) is 23.1 Å². The van der Waals surface area contributed by atoms with Crippen LogP contribution >= 0.6 is 11.6 Å². The van der Waals surface area contributed by atoms with Gasteiger partial charge in [0.15, 0.2) is 6.61 Å². The van der Waals surface area contributed by atoms with Crippen LogP contribution in [0.25, 0.3) is 0 Å². The molecule has 1 amide bonds. The van der Waals surface area contributed by atoms with Crippen molar-refractivity contribution >= 4 is 33.5 Å². The van der Waals surface area contributed by atoms with Crippen molar-refractivity contribution < 1.29 is 22.7 Å². The zero-order valence-corrected chi connectivity index (χ0v) is 14.8. The van der Waals surface area contributed by atoms with Crippen LogP contribution in [0.4, 0.5) is 0 Å². The monoisotopic (exact) mass is 374 g/mol. The Kier molecular flexibility index (Phi) is 6.20. The highest BCUT2D eigenvalue weighted by Crippen LogP contribution is 2.22. The molecule has 24 heavy (non-hydrogen) atoms. The molecule has 1 aliphatic rings. The van der Waals surface area contributed by atoms with E-state index in [1.54, 1.807) is 4.90 Å². The number of esters is 1. The number of nitrogens with one attached hydrogen (secondary N) is 1. The first-order valence-corrected chi connectivity index (χ1v) is 9.39.